The summed E-state index contributed by atoms with van der Waals surface area (Å²) in [4.78, 5) is 23.5. The second-order valence-electron chi connectivity index (χ2n) is 4.70. The van der Waals surface area contributed by atoms with E-state index in [1.165, 1.54) is 0 Å². The van der Waals surface area contributed by atoms with Gasteiger partial charge in [0.1, 0.15) is 0 Å². The molecule has 0 unspecified atom stereocenters. The first-order chi connectivity index (χ1) is 10.2. The Labute approximate surface area is 130 Å². The van der Waals surface area contributed by atoms with E-state index in [2.05, 4.69) is 15.9 Å². The van der Waals surface area contributed by atoms with Crippen LogP contribution in [0.15, 0.2) is 68.7 Å². The molecular weight excluding hydrogens is 328 g/mol. The molecule has 2 nitrogen and oxygen atoms in total. The molecule has 0 fully saturated rings. The molecule has 21 heavy (non-hydrogen) atoms. The van der Waals surface area contributed by atoms with Crippen LogP contribution >= 0.6 is 15.9 Å². The van der Waals surface area contributed by atoms with E-state index in [0.717, 1.165) is 15.6 Å². The zero-order valence-corrected chi connectivity index (χ0v) is 12.6. The van der Waals surface area contributed by atoms with Crippen LogP contribution in [0.1, 0.15) is 11.1 Å². The fourth-order valence-corrected chi connectivity index (χ4v) is 2.48. The Bertz CT molecular complexity index is 868. The third-order valence-corrected chi connectivity index (χ3v) is 3.85. The molecule has 0 radical (unpaired) electrons. The van der Waals surface area contributed by atoms with E-state index in [0.29, 0.717) is 11.1 Å². The molecule has 0 saturated heterocycles. The first-order valence-electron chi connectivity index (χ1n) is 6.49. The maximum Gasteiger partial charge on any atom is 0.234 e. The van der Waals surface area contributed by atoms with Crippen molar-refractivity contribution in [2.24, 2.45) is 0 Å². The Morgan fingerprint density at radius 2 is 1.43 bits per heavy atom. The molecule has 0 heterocycles. The molecule has 0 aliphatic carbocycles. The average molecular weight is 339 g/mol. The maximum atomic E-state index is 11.8. The lowest BCUT2D eigenvalue weighted by molar-refractivity contribution is 1.38. The van der Waals surface area contributed by atoms with E-state index in [-0.39, 0.29) is 0 Å². The van der Waals surface area contributed by atoms with Gasteiger partial charge in [-0.05, 0) is 29.3 Å². The normalized spacial score (nSPS) is 11.3. The Kier molecular flexibility index (Phi) is 3.67. The monoisotopic (exact) mass is 338 g/mol. The van der Waals surface area contributed by atoms with Crippen LogP contribution in [-0.4, -0.2) is 0 Å². The van der Waals surface area contributed by atoms with Gasteiger partial charge in [0.15, 0.2) is 0 Å². The van der Waals surface area contributed by atoms with Gasteiger partial charge in [0.05, 0.1) is 0 Å². The van der Waals surface area contributed by atoms with Crippen LogP contribution in [0.5, 0.6) is 0 Å². The van der Waals surface area contributed by atoms with E-state index >= 15 is 0 Å². The summed E-state index contributed by atoms with van der Waals surface area (Å²) in [6.07, 6.45) is 3.56. The highest BCUT2D eigenvalue weighted by molar-refractivity contribution is 9.10. The third-order valence-electron chi connectivity index (χ3n) is 3.32. The van der Waals surface area contributed by atoms with Crippen molar-refractivity contribution >= 4 is 28.1 Å². The molecule has 3 heteroatoms. The van der Waals surface area contributed by atoms with Gasteiger partial charge in [0, 0.05) is 15.6 Å². The van der Waals surface area contributed by atoms with Crippen LogP contribution in [0.2, 0.25) is 0 Å². The molecule has 0 spiro atoms. The number of benzene rings is 2. The van der Waals surface area contributed by atoms with Crippen molar-refractivity contribution in [3.8, 4) is 11.1 Å². The van der Waals surface area contributed by atoms with Crippen LogP contribution in [0.25, 0.3) is 23.3 Å². The van der Waals surface area contributed by atoms with Crippen molar-refractivity contribution in [3.63, 3.8) is 0 Å². The van der Waals surface area contributed by atoms with E-state index in [9.17, 15) is 9.59 Å². The number of hydrogen-bond acceptors (Lipinski definition) is 2. The topological polar surface area (TPSA) is 34.1 Å². The molecular formula is C18H11BrO2. The van der Waals surface area contributed by atoms with Crippen molar-refractivity contribution in [1.82, 2.24) is 0 Å². The lowest BCUT2D eigenvalue weighted by Crippen LogP contribution is -2.35. The van der Waals surface area contributed by atoms with Crippen LogP contribution in [0.3, 0.4) is 0 Å². The van der Waals surface area contributed by atoms with Gasteiger partial charge >= 0.3 is 0 Å². The van der Waals surface area contributed by atoms with Crippen LogP contribution in [0.4, 0.5) is 0 Å². The molecule has 3 aromatic rings. The summed E-state index contributed by atoms with van der Waals surface area (Å²) in [6.45, 7) is 0. The molecule has 0 atom stereocenters. The minimum atomic E-state index is -0.415. The zero-order valence-electron chi connectivity index (χ0n) is 11.0. The van der Waals surface area contributed by atoms with E-state index < -0.39 is 10.9 Å². The molecule has 3 rings (SSSR count). The van der Waals surface area contributed by atoms with Crippen LogP contribution < -0.4 is 10.9 Å². The predicted octanol–water partition coefficient (Wildman–Crippen LogP) is 3.88. The van der Waals surface area contributed by atoms with Gasteiger partial charge in [-0.1, -0.05) is 64.5 Å². The molecule has 0 bridgehead atoms. The predicted molar refractivity (Wildman–Crippen MR) is 89.9 cm³/mol. The number of rotatable bonds is 3. The minimum absolute atomic E-state index is 0.406. The summed E-state index contributed by atoms with van der Waals surface area (Å²) in [6, 6.07) is 17.0. The van der Waals surface area contributed by atoms with Crippen LogP contribution in [0, 0.1) is 0 Å². The Morgan fingerprint density at radius 1 is 0.762 bits per heavy atom. The standard InChI is InChI=1S/C18H11BrO2/c19-14-9-6-12(7-10-14)8-11-15-16(18(21)17(15)20)13-4-2-1-3-5-13/h1-11H/b11-8+. The molecule has 0 aromatic heterocycles. The van der Waals surface area contributed by atoms with Crippen molar-refractivity contribution in [2.45, 2.75) is 0 Å². The summed E-state index contributed by atoms with van der Waals surface area (Å²) in [7, 11) is 0. The zero-order chi connectivity index (χ0) is 14.8. The Balaban J connectivity index is 1.97. The summed E-state index contributed by atoms with van der Waals surface area (Å²) >= 11 is 3.38. The average Bonchev–Trinajstić information content (AvgIpc) is 2.53. The molecule has 102 valence electrons. The van der Waals surface area contributed by atoms with Gasteiger partial charge in [-0.15, -0.1) is 0 Å². The highest BCUT2D eigenvalue weighted by Gasteiger charge is 2.19. The quantitative estimate of drug-likeness (QED) is 0.679. The fraction of sp³-hybridized carbons (Fsp3) is 0. The molecule has 3 aromatic carbocycles. The van der Waals surface area contributed by atoms with Crippen molar-refractivity contribution in [3.05, 3.63) is 90.6 Å². The number of hydrogen-bond donors (Lipinski definition) is 0. The van der Waals surface area contributed by atoms with Crippen molar-refractivity contribution < 1.29 is 0 Å². The largest absolute Gasteiger partial charge is 0.285 e. The summed E-state index contributed by atoms with van der Waals surface area (Å²) in [5.74, 6) is 0. The Morgan fingerprint density at radius 3 is 2.10 bits per heavy atom. The SMILES string of the molecule is O=c1c(/C=C/c2ccc(Br)cc2)c(-c2ccccc2)c1=O. The summed E-state index contributed by atoms with van der Waals surface area (Å²) in [5, 5.41) is 0. The molecule has 0 aliphatic heterocycles. The number of halogens is 1. The van der Waals surface area contributed by atoms with Crippen LogP contribution in [-0.2, 0) is 0 Å². The highest BCUT2D eigenvalue weighted by atomic mass is 79.9. The van der Waals surface area contributed by atoms with E-state index in [1.807, 2.05) is 60.7 Å². The lowest BCUT2D eigenvalue weighted by atomic mass is 9.93. The van der Waals surface area contributed by atoms with Gasteiger partial charge < -0.3 is 0 Å². The lowest BCUT2D eigenvalue weighted by Gasteiger charge is -2.07. The fourth-order valence-electron chi connectivity index (χ4n) is 2.21. The molecule has 0 amide bonds. The molecule has 0 N–H and O–H groups in total. The summed E-state index contributed by atoms with van der Waals surface area (Å²) < 4.78 is 0.999. The van der Waals surface area contributed by atoms with Gasteiger partial charge in [-0.25, -0.2) is 0 Å². The maximum absolute atomic E-state index is 11.8. The minimum Gasteiger partial charge on any atom is -0.285 e. The first-order valence-corrected chi connectivity index (χ1v) is 7.28. The van der Waals surface area contributed by atoms with Gasteiger partial charge in [0.25, 0.3) is 0 Å². The van der Waals surface area contributed by atoms with Gasteiger partial charge in [0.2, 0.25) is 10.9 Å². The second kappa shape index (κ2) is 5.62. The first kappa shape index (κ1) is 13.7. The van der Waals surface area contributed by atoms with Crippen molar-refractivity contribution in [2.75, 3.05) is 0 Å². The van der Waals surface area contributed by atoms with E-state index in [4.69, 9.17) is 0 Å². The Hall–Kier alpha value is -2.26. The highest BCUT2D eigenvalue weighted by Crippen LogP contribution is 2.21. The second-order valence-corrected chi connectivity index (χ2v) is 5.61. The van der Waals surface area contributed by atoms with E-state index in [1.54, 1.807) is 6.08 Å². The van der Waals surface area contributed by atoms with Crippen molar-refractivity contribution in [1.29, 1.82) is 0 Å². The molecule has 0 saturated carbocycles. The smallest absolute Gasteiger partial charge is 0.234 e. The third kappa shape index (κ3) is 2.65. The molecule has 0 aliphatic rings. The van der Waals surface area contributed by atoms with Gasteiger partial charge in [-0.2, -0.15) is 0 Å². The van der Waals surface area contributed by atoms with Gasteiger partial charge in [-0.3, -0.25) is 9.59 Å². The summed E-state index contributed by atoms with van der Waals surface area (Å²) in [5.41, 5.74) is 1.93.